The fourth-order valence-electron chi connectivity index (χ4n) is 0.699. The van der Waals surface area contributed by atoms with Gasteiger partial charge in [-0.25, -0.2) is 0 Å². The van der Waals surface area contributed by atoms with Crippen molar-refractivity contribution in [2.24, 2.45) is 0 Å². The summed E-state index contributed by atoms with van der Waals surface area (Å²) in [6.45, 7) is 9.75. The zero-order chi connectivity index (χ0) is 11.2. The number of carbonyl (C=O) groups excluding carboxylic acids is 1. The Bertz CT molecular complexity index is 206. The molecule has 2 N–H and O–H groups in total. The van der Waals surface area contributed by atoms with E-state index in [1.165, 1.54) is 13.8 Å². The smallest absolute Gasteiger partial charge is 0.251 e. The van der Waals surface area contributed by atoms with Crippen LogP contribution in [0.25, 0.3) is 0 Å². The fraction of sp³-hybridized carbons (Fsp3) is 0.700. The van der Waals surface area contributed by atoms with Gasteiger partial charge in [-0.15, -0.1) is 0 Å². The van der Waals surface area contributed by atoms with E-state index in [0.717, 1.165) is 5.57 Å². The second-order valence-corrected chi connectivity index (χ2v) is 3.82. The molecule has 14 heavy (non-hydrogen) atoms. The number of carbonyl (C=O) groups is 1. The molecular weight excluding hydrogens is 182 g/mol. The molecule has 0 aliphatic heterocycles. The van der Waals surface area contributed by atoms with Gasteiger partial charge < -0.3 is 15.2 Å². The van der Waals surface area contributed by atoms with Crippen molar-refractivity contribution in [1.29, 1.82) is 0 Å². The number of nitrogens with one attached hydrogen (secondary N) is 1. The molecule has 4 nitrogen and oxygen atoms in total. The molecule has 0 saturated carbocycles. The molecule has 0 spiro atoms. The van der Waals surface area contributed by atoms with E-state index in [4.69, 9.17) is 4.74 Å². The molecule has 0 heterocycles. The predicted molar refractivity (Wildman–Crippen MR) is 54.9 cm³/mol. The van der Waals surface area contributed by atoms with Crippen molar-refractivity contribution < 1.29 is 14.6 Å². The van der Waals surface area contributed by atoms with Gasteiger partial charge in [0.1, 0.15) is 5.60 Å². The molecule has 0 radical (unpaired) electrons. The lowest BCUT2D eigenvalue weighted by Gasteiger charge is -2.16. The quantitative estimate of drug-likeness (QED) is 0.485. The minimum Gasteiger partial charge on any atom is -0.381 e. The average Bonchev–Trinajstić information content (AvgIpc) is 2.01. The second-order valence-electron chi connectivity index (χ2n) is 3.82. The van der Waals surface area contributed by atoms with E-state index < -0.39 is 11.5 Å². The second kappa shape index (κ2) is 5.78. The Morgan fingerprint density at radius 1 is 1.57 bits per heavy atom. The van der Waals surface area contributed by atoms with Crippen molar-refractivity contribution in [3.05, 3.63) is 12.2 Å². The van der Waals surface area contributed by atoms with Crippen LogP contribution in [0.1, 0.15) is 20.8 Å². The van der Waals surface area contributed by atoms with E-state index in [-0.39, 0.29) is 0 Å². The molecule has 0 atom stereocenters. The van der Waals surface area contributed by atoms with E-state index in [0.29, 0.717) is 19.8 Å². The largest absolute Gasteiger partial charge is 0.381 e. The third-order valence-corrected chi connectivity index (χ3v) is 1.44. The third-order valence-electron chi connectivity index (χ3n) is 1.44. The summed E-state index contributed by atoms with van der Waals surface area (Å²) in [4.78, 5) is 11.1. The molecule has 1 amide bonds. The van der Waals surface area contributed by atoms with Gasteiger partial charge in [-0.2, -0.15) is 0 Å². The molecule has 0 rings (SSSR count). The van der Waals surface area contributed by atoms with Gasteiger partial charge in [-0.1, -0.05) is 12.2 Å². The van der Waals surface area contributed by atoms with Crippen LogP contribution < -0.4 is 5.32 Å². The molecule has 0 aliphatic rings. The maximum Gasteiger partial charge on any atom is 0.251 e. The number of hydrogen-bond donors (Lipinski definition) is 2. The SMILES string of the molecule is C=C(C)COCCNC(=O)C(C)(C)O. The number of rotatable bonds is 6. The zero-order valence-corrected chi connectivity index (χ0v) is 9.09. The number of hydrogen-bond acceptors (Lipinski definition) is 3. The van der Waals surface area contributed by atoms with E-state index >= 15 is 0 Å². The molecule has 0 saturated heterocycles. The van der Waals surface area contributed by atoms with Gasteiger partial charge in [0, 0.05) is 6.54 Å². The highest BCUT2D eigenvalue weighted by atomic mass is 16.5. The molecule has 0 bridgehead atoms. The molecule has 0 fully saturated rings. The molecule has 0 unspecified atom stereocenters. The summed E-state index contributed by atoms with van der Waals surface area (Å²) < 4.78 is 5.16. The van der Waals surface area contributed by atoms with Crippen LogP contribution in [-0.2, 0) is 9.53 Å². The maximum atomic E-state index is 11.1. The van der Waals surface area contributed by atoms with Gasteiger partial charge in [0.25, 0.3) is 5.91 Å². The van der Waals surface area contributed by atoms with Crippen LogP contribution in [0, 0.1) is 0 Å². The monoisotopic (exact) mass is 201 g/mol. The molecule has 0 aromatic rings. The first-order chi connectivity index (χ1) is 6.34. The van der Waals surface area contributed by atoms with Crippen molar-refractivity contribution >= 4 is 5.91 Å². The van der Waals surface area contributed by atoms with E-state index in [1.807, 2.05) is 6.92 Å². The van der Waals surface area contributed by atoms with E-state index in [9.17, 15) is 9.90 Å². The Hall–Kier alpha value is -0.870. The number of amides is 1. The lowest BCUT2D eigenvalue weighted by molar-refractivity contribution is -0.136. The topological polar surface area (TPSA) is 58.6 Å². The van der Waals surface area contributed by atoms with Crippen molar-refractivity contribution in [2.45, 2.75) is 26.4 Å². The molecular formula is C10H19NO3. The van der Waals surface area contributed by atoms with Gasteiger partial charge in [-0.3, -0.25) is 4.79 Å². The van der Waals surface area contributed by atoms with Gasteiger partial charge in [0.15, 0.2) is 0 Å². The molecule has 0 aliphatic carbocycles. The minimum absolute atomic E-state index is 0.392. The third kappa shape index (κ3) is 6.62. The van der Waals surface area contributed by atoms with Gasteiger partial charge in [-0.05, 0) is 20.8 Å². The van der Waals surface area contributed by atoms with Crippen LogP contribution >= 0.6 is 0 Å². The number of ether oxygens (including phenoxy) is 1. The maximum absolute atomic E-state index is 11.1. The Labute approximate surface area is 85.0 Å². The fourth-order valence-corrected chi connectivity index (χ4v) is 0.699. The van der Waals surface area contributed by atoms with Gasteiger partial charge in [0.05, 0.1) is 13.2 Å². The van der Waals surface area contributed by atoms with E-state index in [2.05, 4.69) is 11.9 Å². The standard InChI is InChI=1S/C10H19NO3/c1-8(2)7-14-6-5-11-9(12)10(3,4)13/h13H,1,5-7H2,2-4H3,(H,11,12). The van der Waals surface area contributed by atoms with E-state index in [1.54, 1.807) is 0 Å². The highest BCUT2D eigenvalue weighted by Gasteiger charge is 2.22. The van der Waals surface area contributed by atoms with Crippen LogP contribution in [0.4, 0.5) is 0 Å². The first kappa shape index (κ1) is 13.1. The molecule has 0 aromatic heterocycles. The molecule has 82 valence electrons. The summed E-state index contributed by atoms with van der Waals surface area (Å²) in [5.41, 5.74) is -0.382. The van der Waals surface area contributed by atoms with Crippen LogP contribution in [0.3, 0.4) is 0 Å². The zero-order valence-electron chi connectivity index (χ0n) is 9.09. The number of aliphatic hydroxyl groups is 1. The Balaban J connectivity index is 3.46. The molecule has 0 aromatic carbocycles. The van der Waals surface area contributed by atoms with Crippen molar-refractivity contribution in [3.63, 3.8) is 0 Å². The van der Waals surface area contributed by atoms with Crippen LogP contribution in [0.5, 0.6) is 0 Å². The normalized spacial score (nSPS) is 11.1. The Kier molecular flexibility index (Phi) is 5.42. The van der Waals surface area contributed by atoms with Gasteiger partial charge in [0.2, 0.25) is 0 Å². The highest BCUT2D eigenvalue weighted by Crippen LogP contribution is 1.99. The predicted octanol–water partition coefficient (Wildman–Crippen LogP) is 0.466. The Morgan fingerprint density at radius 3 is 2.57 bits per heavy atom. The summed E-state index contributed by atoms with van der Waals surface area (Å²) in [5.74, 6) is -0.392. The minimum atomic E-state index is -1.33. The average molecular weight is 201 g/mol. The summed E-state index contributed by atoms with van der Waals surface area (Å²) in [6, 6.07) is 0. The summed E-state index contributed by atoms with van der Waals surface area (Å²) in [6.07, 6.45) is 0. The van der Waals surface area contributed by atoms with Gasteiger partial charge >= 0.3 is 0 Å². The van der Waals surface area contributed by atoms with Crippen molar-refractivity contribution in [3.8, 4) is 0 Å². The van der Waals surface area contributed by atoms with Crippen LogP contribution in [0.2, 0.25) is 0 Å². The van der Waals surface area contributed by atoms with Crippen LogP contribution in [0.15, 0.2) is 12.2 Å². The Morgan fingerprint density at radius 2 is 2.14 bits per heavy atom. The molecule has 4 heteroatoms. The first-order valence-corrected chi connectivity index (χ1v) is 4.57. The summed E-state index contributed by atoms with van der Waals surface area (Å²) >= 11 is 0. The van der Waals surface area contributed by atoms with Crippen LogP contribution in [-0.4, -0.2) is 36.4 Å². The lowest BCUT2D eigenvalue weighted by Crippen LogP contribution is -2.43. The summed E-state index contributed by atoms with van der Waals surface area (Å²) in [5, 5.41) is 11.8. The lowest BCUT2D eigenvalue weighted by atomic mass is 10.1. The van der Waals surface area contributed by atoms with Crippen molar-refractivity contribution in [1.82, 2.24) is 5.32 Å². The summed E-state index contributed by atoms with van der Waals surface area (Å²) in [7, 11) is 0. The first-order valence-electron chi connectivity index (χ1n) is 4.57. The highest BCUT2D eigenvalue weighted by molar-refractivity contribution is 5.83. The van der Waals surface area contributed by atoms with Crippen molar-refractivity contribution in [2.75, 3.05) is 19.8 Å².